The maximum Gasteiger partial charge on any atom is 0.241 e. The third-order valence-corrected chi connectivity index (χ3v) is 3.55. The number of nitrogens with zero attached hydrogens (tertiary/aromatic N) is 4. The molecule has 19 heavy (non-hydrogen) atoms. The van der Waals surface area contributed by atoms with Crippen LogP contribution in [0.15, 0.2) is 12.4 Å². The standard InChI is InChI=1S/C13H21N5O/c1-9(2)17-4-5-18(11(7-17)13(14)19)12-6-10(3)15-8-16-12/h6,8-9,11H,4-5,7H2,1-3H3,(H2,14,19)/t11-/m1/s1. The first-order valence-corrected chi connectivity index (χ1v) is 6.57. The SMILES string of the molecule is Cc1cc(N2CCN(C(C)C)C[C@@H]2C(N)=O)ncn1. The number of nitrogens with two attached hydrogens (primary N) is 1. The van der Waals surface area contributed by atoms with Crippen LogP contribution in [-0.4, -0.2) is 52.5 Å². The molecule has 1 aliphatic heterocycles. The molecule has 0 saturated carbocycles. The van der Waals surface area contributed by atoms with E-state index in [-0.39, 0.29) is 11.9 Å². The van der Waals surface area contributed by atoms with Crippen LogP contribution >= 0.6 is 0 Å². The molecule has 2 N–H and O–H groups in total. The molecule has 1 saturated heterocycles. The predicted octanol–water partition coefficient (Wildman–Crippen LogP) is 0.169. The van der Waals surface area contributed by atoms with Crippen LogP contribution in [-0.2, 0) is 4.79 Å². The molecule has 1 amide bonds. The van der Waals surface area contributed by atoms with Crippen molar-refractivity contribution in [1.82, 2.24) is 14.9 Å². The normalized spacial score (nSPS) is 20.8. The highest BCUT2D eigenvalue weighted by Gasteiger charge is 2.32. The molecule has 6 heteroatoms. The van der Waals surface area contributed by atoms with Gasteiger partial charge in [0.05, 0.1) is 0 Å². The van der Waals surface area contributed by atoms with E-state index in [1.807, 2.05) is 17.9 Å². The van der Waals surface area contributed by atoms with E-state index >= 15 is 0 Å². The van der Waals surface area contributed by atoms with E-state index < -0.39 is 0 Å². The van der Waals surface area contributed by atoms with Crippen molar-refractivity contribution in [3.63, 3.8) is 0 Å². The first kappa shape index (κ1) is 13.7. The van der Waals surface area contributed by atoms with Gasteiger partial charge >= 0.3 is 0 Å². The molecule has 1 aromatic heterocycles. The van der Waals surface area contributed by atoms with Gasteiger partial charge in [0, 0.05) is 37.4 Å². The monoisotopic (exact) mass is 263 g/mol. The molecule has 0 aliphatic carbocycles. The van der Waals surface area contributed by atoms with E-state index in [2.05, 4.69) is 28.7 Å². The summed E-state index contributed by atoms with van der Waals surface area (Å²) in [6.07, 6.45) is 1.53. The average Bonchev–Trinajstić information content (AvgIpc) is 2.37. The number of aromatic nitrogens is 2. The summed E-state index contributed by atoms with van der Waals surface area (Å²) in [5.74, 6) is 0.473. The van der Waals surface area contributed by atoms with Crippen molar-refractivity contribution >= 4 is 11.7 Å². The minimum absolute atomic E-state index is 0.304. The average molecular weight is 263 g/mol. The van der Waals surface area contributed by atoms with Crippen molar-refractivity contribution in [2.45, 2.75) is 32.9 Å². The topological polar surface area (TPSA) is 75.3 Å². The highest BCUT2D eigenvalue weighted by Crippen LogP contribution is 2.19. The lowest BCUT2D eigenvalue weighted by molar-refractivity contribution is -0.120. The van der Waals surface area contributed by atoms with Gasteiger partial charge in [0.1, 0.15) is 18.2 Å². The first-order valence-electron chi connectivity index (χ1n) is 6.57. The number of primary amides is 1. The number of carbonyl (C=O) groups excluding carboxylic acids is 1. The number of rotatable bonds is 3. The Bertz CT molecular complexity index is 462. The van der Waals surface area contributed by atoms with E-state index in [9.17, 15) is 4.79 Å². The molecule has 1 aromatic rings. The second kappa shape index (κ2) is 5.52. The quantitative estimate of drug-likeness (QED) is 0.841. The molecule has 0 unspecified atom stereocenters. The molecular formula is C13H21N5O. The van der Waals surface area contributed by atoms with Gasteiger partial charge in [0.25, 0.3) is 0 Å². The Balaban J connectivity index is 2.23. The van der Waals surface area contributed by atoms with Crippen LogP contribution in [0.3, 0.4) is 0 Å². The minimum Gasteiger partial charge on any atom is -0.368 e. The van der Waals surface area contributed by atoms with Crippen molar-refractivity contribution in [3.8, 4) is 0 Å². The summed E-state index contributed by atoms with van der Waals surface area (Å²) in [6, 6.07) is 1.97. The summed E-state index contributed by atoms with van der Waals surface area (Å²) < 4.78 is 0. The molecule has 104 valence electrons. The summed E-state index contributed by atoms with van der Waals surface area (Å²) in [6.45, 7) is 8.47. The second-order valence-electron chi connectivity index (χ2n) is 5.22. The zero-order valence-electron chi connectivity index (χ0n) is 11.7. The van der Waals surface area contributed by atoms with Crippen LogP contribution in [0.4, 0.5) is 5.82 Å². The van der Waals surface area contributed by atoms with E-state index in [4.69, 9.17) is 5.73 Å². The van der Waals surface area contributed by atoms with Crippen molar-refractivity contribution in [2.24, 2.45) is 5.73 Å². The van der Waals surface area contributed by atoms with Crippen LogP contribution < -0.4 is 10.6 Å². The summed E-state index contributed by atoms with van der Waals surface area (Å²) in [4.78, 5) is 24.3. The number of hydrogen-bond acceptors (Lipinski definition) is 5. The number of piperazine rings is 1. The Labute approximate surface area is 113 Å². The van der Waals surface area contributed by atoms with Gasteiger partial charge in [-0.15, -0.1) is 0 Å². The van der Waals surface area contributed by atoms with Gasteiger partial charge in [0.2, 0.25) is 5.91 Å². The van der Waals surface area contributed by atoms with Crippen LogP contribution in [0.1, 0.15) is 19.5 Å². The Hall–Kier alpha value is -1.69. The Morgan fingerprint density at radius 1 is 1.42 bits per heavy atom. The van der Waals surface area contributed by atoms with Crippen molar-refractivity contribution in [1.29, 1.82) is 0 Å². The molecule has 0 aromatic carbocycles. The summed E-state index contributed by atoms with van der Waals surface area (Å²) >= 11 is 0. The van der Waals surface area contributed by atoms with Crippen LogP contribution in [0, 0.1) is 6.92 Å². The van der Waals surface area contributed by atoms with Crippen LogP contribution in [0.5, 0.6) is 0 Å². The molecule has 1 atom stereocenters. The fourth-order valence-electron chi connectivity index (χ4n) is 2.39. The van der Waals surface area contributed by atoms with Crippen LogP contribution in [0.25, 0.3) is 0 Å². The molecule has 1 fully saturated rings. The number of amides is 1. The van der Waals surface area contributed by atoms with E-state index in [1.54, 1.807) is 0 Å². The van der Waals surface area contributed by atoms with Gasteiger partial charge in [-0.25, -0.2) is 9.97 Å². The highest BCUT2D eigenvalue weighted by molar-refractivity contribution is 5.83. The van der Waals surface area contributed by atoms with Gasteiger partial charge < -0.3 is 10.6 Å². The van der Waals surface area contributed by atoms with Crippen LogP contribution in [0.2, 0.25) is 0 Å². The molecule has 1 aliphatic rings. The third kappa shape index (κ3) is 3.01. The fraction of sp³-hybridized carbons (Fsp3) is 0.615. The maximum absolute atomic E-state index is 11.7. The smallest absolute Gasteiger partial charge is 0.241 e. The Kier molecular flexibility index (Phi) is 3.99. The lowest BCUT2D eigenvalue weighted by Gasteiger charge is -2.42. The van der Waals surface area contributed by atoms with E-state index in [1.165, 1.54) is 6.33 Å². The zero-order valence-corrected chi connectivity index (χ0v) is 11.7. The fourth-order valence-corrected chi connectivity index (χ4v) is 2.39. The Morgan fingerprint density at radius 3 is 2.74 bits per heavy atom. The van der Waals surface area contributed by atoms with Gasteiger partial charge in [-0.1, -0.05) is 0 Å². The zero-order chi connectivity index (χ0) is 14.0. The van der Waals surface area contributed by atoms with Crippen molar-refractivity contribution in [2.75, 3.05) is 24.5 Å². The largest absolute Gasteiger partial charge is 0.368 e. The maximum atomic E-state index is 11.7. The summed E-state index contributed by atoms with van der Waals surface area (Å²) in [7, 11) is 0. The highest BCUT2D eigenvalue weighted by atomic mass is 16.1. The molecule has 0 bridgehead atoms. The lowest BCUT2D eigenvalue weighted by atomic mass is 10.1. The van der Waals surface area contributed by atoms with Gasteiger partial charge in [-0.2, -0.15) is 0 Å². The van der Waals surface area contributed by atoms with Crippen molar-refractivity contribution < 1.29 is 4.79 Å². The molecule has 2 heterocycles. The van der Waals surface area contributed by atoms with E-state index in [0.717, 1.165) is 24.6 Å². The van der Waals surface area contributed by atoms with E-state index in [0.29, 0.717) is 12.6 Å². The molecule has 6 nitrogen and oxygen atoms in total. The molecule has 0 radical (unpaired) electrons. The summed E-state index contributed by atoms with van der Waals surface area (Å²) in [5.41, 5.74) is 6.43. The summed E-state index contributed by atoms with van der Waals surface area (Å²) in [5, 5.41) is 0. The van der Waals surface area contributed by atoms with Crippen molar-refractivity contribution in [3.05, 3.63) is 18.1 Å². The number of carbonyl (C=O) groups is 1. The molecular weight excluding hydrogens is 242 g/mol. The van der Waals surface area contributed by atoms with Gasteiger partial charge in [-0.05, 0) is 20.8 Å². The first-order chi connectivity index (χ1) is 8.99. The lowest BCUT2D eigenvalue weighted by Crippen LogP contribution is -2.59. The predicted molar refractivity (Wildman–Crippen MR) is 73.8 cm³/mol. The van der Waals surface area contributed by atoms with Gasteiger partial charge in [0.15, 0.2) is 0 Å². The Morgan fingerprint density at radius 2 is 2.16 bits per heavy atom. The number of hydrogen-bond donors (Lipinski definition) is 1. The second-order valence-corrected chi connectivity index (χ2v) is 5.22. The number of anilines is 1. The minimum atomic E-state index is -0.328. The number of aryl methyl sites for hydroxylation is 1. The molecule has 2 rings (SSSR count). The molecule has 0 spiro atoms. The van der Waals surface area contributed by atoms with Gasteiger partial charge in [-0.3, -0.25) is 9.69 Å². The third-order valence-electron chi connectivity index (χ3n) is 3.55.